The number of aryl methyl sites for hydroxylation is 4. The predicted molar refractivity (Wildman–Crippen MR) is 467 cm³/mol. The number of pyridine rings is 4. The summed E-state index contributed by atoms with van der Waals surface area (Å²) in [6.07, 6.45) is 14.2. The van der Waals surface area contributed by atoms with Crippen LogP contribution in [-0.4, -0.2) is 228 Å². The van der Waals surface area contributed by atoms with Crippen LogP contribution in [0.1, 0.15) is 149 Å². The van der Waals surface area contributed by atoms with E-state index in [1.807, 2.05) is 48.8 Å². The first kappa shape index (κ1) is 94.9. The molecule has 668 valence electrons. The van der Waals surface area contributed by atoms with Gasteiger partial charge in [-0.2, -0.15) is 0 Å². The quantitative estimate of drug-likeness (QED) is 0.0673. The summed E-state index contributed by atoms with van der Waals surface area (Å²) in [7, 11) is 14.0. The molecule has 2 saturated carbocycles. The maximum absolute atomic E-state index is 13.6. The van der Waals surface area contributed by atoms with Gasteiger partial charge in [-0.05, 0) is 144 Å². The number of halogens is 1. The van der Waals surface area contributed by atoms with Crippen molar-refractivity contribution in [3.05, 3.63) is 140 Å². The van der Waals surface area contributed by atoms with Crippen molar-refractivity contribution in [3.63, 3.8) is 0 Å². The van der Waals surface area contributed by atoms with Crippen LogP contribution in [0.15, 0.2) is 73.2 Å². The summed E-state index contributed by atoms with van der Waals surface area (Å²) in [4.78, 5) is 168. The van der Waals surface area contributed by atoms with E-state index in [2.05, 4.69) is 130 Å². The second-order valence-electron chi connectivity index (χ2n) is 32.4. The monoisotopic (exact) mass is 1810 g/mol. The molecule has 8 aliphatic heterocycles. The van der Waals surface area contributed by atoms with Gasteiger partial charge < -0.3 is 109 Å². The van der Waals surface area contributed by atoms with Crippen molar-refractivity contribution in [1.82, 2.24) is 99.0 Å². The number of rotatable bonds is 14. The van der Waals surface area contributed by atoms with Crippen LogP contribution in [0.4, 0.5) is 63.6 Å². The zero-order valence-electron chi connectivity index (χ0n) is 71.8. The van der Waals surface area contributed by atoms with Gasteiger partial charge in [0.2, 0.25) is 34.8 Å². The molecule has 8 aromatic rings. The number of nitrogens with one attached hydrogen (secondary N) is 9. The van der Waals surface area contributed by atoms with E-state index in [4.69, 9.17) is 36.1 Å². The number of hydrogen-bond acceptors (Lipinski definition) is 33. The zero-order valence-corrected chi connectivity index (χ0v) is 75.4. The number of ether oxygens (including phenoxy) is 4. The minimum atomic E-state index is -0.738. The van der Waals surface area contributed by atoms with Crippen molar-refractivity contribution >= 4 is 115 Å². The van der Waals surface area contributed by atoms with Crippen LogP contribution in [-0.2, 0) is 32.2 Å². The Morgan fingerprint density at radius 2 is 0.619 bits per heavy atom. The third-order valence-electron chi connectivity index (χ3n) is 24.0. The van der Waals surface area contributed by atoms with Crippen LogP contribution in [0, 0.1) is 39.5 Å². The van der Waals surface area contributed by atoms with Gasteiger partial charge in [-0.25, -0.2) is 39.9 Å². The molecule has 2 aliphatic carbocycles. The number of likely N-dealkylation sites (tertiary alicyclic amines) is 4. The molecule has 0 atom stereocenters. The Morgan fingerprint density at radius 1 is 0.389 bits per heavy atom. The zero-order chi connectivity index (χ0) is 88.1. The average molecular weight is 1810 g/mol. The van der Waals surface area contributed by atoms with E-state index in [1.165, 1.54) is 53.7 Å². The van der Waals surface area contributed by atoms with Crippen molar-refractivity contribution in [2.45, 2.75) is 135 Å². The summed E-state index contributed by atoms with van der Waals surface area (Å²) in [5.41, 5.74) is 19.0. The molecule has 4 spiro atoms. The number of fused-ring (bicyclic) bond motifs is 8. The van der Waals surface area contributed by atoms with Crippen LogP contribution >= 0.6 is 15.9 Å². The van der Waals surface area contributed by atoms with Gasteiger partial charge in [-0.15, -0.1) is 0 Å². The van der Waals surface area contributed by atoms with Crippen LogP contribution in [0.25, 0.3) is 0 Å². The van der Waals surface area contributed by atoms with E-state index in [0.29, 0.717) is 117 Å². The molecule has 0 radical (unpaired) electrons. The summed E-state index contributed by atoms with van der Waals surface area (Å²) in [6, 6.07) is 6.67. The Balaban J connectivity index is 0.000000155. The van der Waals surface area contributed by atoms with Gasteiger partial charge in [-0.3, -0.25) is 66.2 Å². The second-order valence-corrected chi connectivity index (χ2v) is 33.3. The number of nitrogens with two attached hydrogens (primary N) is 3. The number of carbonyl (C=O) groups excluding carboxylic acids is 6. The van der Waals surface area contributed by atoms with Crippen molar-refractivity contribution in [1.29, 1.82) is 0 Å². The number of aromatic nitrogens is 12. The number of nitrogen functional groups attached to an aromatic ring is 3. The van der Waals surface area contributed by atoms with E-state index >= 15 is 0 Å². The normalized spacial score (nSPS) is 18.0. The fourth-order valence-corrected chi connectivity index (χ4v) is 17.4. The van der Waals surface area contributed by atoms with Gasteiger partial charge in [-0.1, -0.05) is 7.43 Å². The fraction of sp³-hybridized carbons (Fsp3) is 0.481. The Hall–Kier alpha value is -11.8. The Kier molecular flexibility index (Phi) is 28.8. The van der Waals surface area contributed by atoms with E-state index < -0.39 is 22.7 Å². The molecule has 0 unspecified atom stereocenters. The maximum atomic E-state index is 13.6. The molecule has 43 nitrogen and oxygen atoms in total. The number of methoxy groups -OCH3 is 4. The van der Waals surface area contributed by atoms with Gasteiger partial charge in [0, 0.05) is 116 Å². The Morgan fingerprint density at radius 3 is 0.889 bits per heavy atom. The molecule has 16 N–H and O–H groups in total. The molecule has 4 saturated heterocycles. The van der Waals surface area contributed by atoms with E-state index in [-0.39, 0.29) is 164 Å². The third kappa shape index (κ3) is 18.5. The van der Waals surface area contributed by atoms with Crippen molar-refractivity contribution in [2.75, 3.05) is 153 Å². The molecular weight excluding hydrogens is 1710 g/mol. The van der Waals surface area contributed by atoms with E-state index in [9.17, 15) is 47.9 Å². The molecular formula is C81H106BrN28NaO15. The number of hydrogen-bond donors (Lipinski definition) is 12. The van der Waals surface area contributed by atoms with Crippen LogP contribution in [0.2, 0.25) is 0 Å². The molecule has 6 fully saturated rings. The SMILES string of the molecule is C.COc1c(N)ncnc1NC(=O)C1CC1.COc1c(N)ncnc1Nc1cc(C)c2n(c1=O)C1(CCN(C)CC1)NC2=O.COc1c(N)ncnc1Nc1cc(C)c2n(c1=O)C1(CCN(C)CC1)NC2=O.COc1c(NC(=O)C2CC2)ncnc1Nc1cc(C)c2n(c1=O)C1(CCN(C)CC1)NC2=O.Cc1cc(Br)c(=O)n2c1C(=O)NC21CCN(C)CC1.[Na+].[OH-]. The molecule has 0 aromatic carbocycles. The van der Waals surface area contributed by atoms with Crippen LogP contribution < -0.4 is 136 Å². The number of nitrogens with zero attached hydrogens (tertiary/aromatic N) is 16. The van der Waals surface area contributed by atoms with Crippen molar-refractivity contribution in [3.8, 4) is 23.0 Å². The molecule has 6 amide bonds. The van der Waals surface area contributed by atoms with Crippen LogP contribution in [0.5, 0.6) is 23.0 Å². The smallest absolute Gasteiger partial charge is 0.870 e. The molecule has 0 bridgehead atoms. The van der Waals surface area contributed by atoms with Gasteiger partial charge in [0.05, 0.1) is 32.9 Å². The first-order valence-corrected chi connectivity index (χ1v) is 41.0. The maximum Gasteiger partial charge on any atom is 1.00 e. The van der Waals surface area contributed by atoms with Gasteiger partial charge >= 0.3 is 29.6 Å². The largest absolute Gasteiger partial charge is 1.00 e. The topological polar surface area (TPSA) is 560 Å². The number of anilines is 11. The minimum absolute atomic E-state index is 0. The van der Waals surface area contributed by atoms with E-state index in [1.54, 1.807) is 42.5 Å². The standard InChI is InChI=1S/C22H27N7O4.2C18H23N7O3.C13H16BrN3O2.C9H12N4O2.CH4.Na.H2O/c1-12-10-14(21(32)29-15(12)20(31)27-22(29)6-8-28(2)9-7-22)25-17-16(33-3)18(24-11-23-17)26-19(30)13-4-5-13;2*1-10-8-11(22-15-13(28-3)14(19)20-9-21-15)17(27)25-12(10)16(26)23-18(25)4-6-24(2)7-5-18;1-8-7-9(14)12(19)17-10(8)11(18)15-13(17)3-5-16(2)6-4-13;1-15-6-7(10)11-4-12-8(6)13-9(14)5-2-3-5;;;/h10-11,13H,4-9H2,1-3H3,(H,27,31)(H2,23,24,25,26,30);2*8-9H,4-7H2,1-3H3,(H,23,26)(H3,19,20,21,22);7H,3-6H2,1-2H3,(H,15,18);4-5H,2-3H2,1H3,(H3,10,11,12,13,14);1H4;;1H2/q;;;;;;+1;/p-1. The molecule has 10 aliphatic rings. The Bertz CT molecular complexity index is 5650. The summed E-state index contributed by atoms with van der Waals surface area (Å²) in [5.74, 6) is 2.22. The van der Waals surface area contributed by atoms with Gasteiger partial charge in [0.1, 0.15) is 87.8 Å². The van der Waals surface area contributed by atoms with Gasteiger partial charge in [0.25, 0.3) is 45.9 Å². The van der Waals surface area contributed by atoms with Crippen molar-refractivity contribution in [2.24, 2.45) is 11.8 Å². The van der Waals surface area contributed by atoms with Gasteiger partial charge in [0.15, 0.2) is 46.5 Å². The summed E-state index contributed by atoms with van der Waals surface area (Å²) in [6.45, 7) is 13.8. The first-order valence-electron chi connectivity index (χ1n) is 40.3. The van der Waals surface area contributed by atoms with E-state index in [0.717, 1.165) is 96.4 Å². The molecule has 8 aromatic heterocycles. The average Bonchev–Trinajstić information content (AvgIpc) is 1.59. The Labute approximate surface area is 755 Å². The third-order valence-corrected chi connectivity index (χ3v) is 24.6. The number of carbonyl (C=O) groups is 6. The summed E-state index contributed by atoms with van der Waals surface area (Å²) >= 11 is 3.30. The minimum Gasteiger partial charge on any atom is -0.870 e. The first-order chi connectivity index (χ1) is 58.7. The molecule has 16 heterocycles. The number of amides is 6. The predicted octanol–water partition coefficient (Wildman–Crippen LogP) is 0.895. The van der Waals surface area contributed by atoms with Crippen molar-refractivity contribution < 1.29 is 82.7 Å². The van der Waals surface area contributed by atoms with Crippen LogP contribution in [0.3, 0.4) is 0 Å². The fourth-order valence-electron chi connectivity index (χ4n) is 16.9. The number of piperidine rings is 4. The summed E-state index contributed by atoms with van der Waals surface area (Å²) < 4.78 is 28.0. The molecule has 18 rings (SSSR count). The summed E-state index contributed by atoms with van der Waals surface area (Å²) in [5, 5.41) is 26.7. The molecule has 126 heavy (non-hydrogen) atoms. The molecule has 45 heteroatoms. The second kappa shape index (κ2) is 38.2.